The highest BCUT2D eigenvalue weighted by Crippen LogP contribution is 2.65. The minimum absolute atomic E-state index is 0.0538. The number of aromatic nitrogens is 1. The molecule has 3 heterocycles. The Balaban J connectivity index is 1.10. The van der Waals surface area contributed by atoms with Crippen LogP contribution in [0, 0.1) is 29.5 Å². The molecule has 6 aromatic rings. The van der Waals surface area contributed by atoms with Gasteiger partial charge in [-0.05, 0) is 131 Å². The van der Waals surface area contributed by atoms with Crippen LogP contribution in [0.1, 0.15) is 29.9 Å². The molecule has 4 amide bonds. The number of imide groups is 2. The van der Waals surface area contributed by atoms with Crippen molar-refractivity contribution in [3.63, 3.8) is 0 Å². The molecular formula is C46H33BrClFN4O7. The number of allylic oxidation sites excluding steroid dienone is 2. The summed E-state index contributed by atoms with van der Waals surface area (Å²) < 4.78 is 25.8. The van der Waals surface area contributed by atoms with Gasteiger partial charge in [-0.3, -0.25) is 29.5 Å². The molecule has 2 saturated heterocycles. The van der Waals surface area contributed by atoms with Crippen molar-refractivity contribution in [2.75, 3.05) is 17.4 Å². The Kier molecular flexibility index (Phi) is 8.95. The van der Waals surface area contributed by atoms with E-state index < -0.39 is 58.5 Å². The summed E-state index contributed by atoms with van der Waals surface area (Å²) in [5, 5.41) is 12.3. The molecule has 1 saturated carbocycles. The van der Waals surface area contributed by atoms with E-state index in [9.17, 15) is 23.9 Å². The maximum atomic E-state index is 15.4. The van der Waals surface area contributed by atoms with Crippen LogP contribution in [0.15, 0.2) is 130 Å². The number of hydrogen-bond acceptors (Lipinski definition) is 9. The first-order valence-corrected chi connectivity index (χ1v) is 20.4. The zero-order valence-corrected chi connectivity index (χ0v) is 34.0. The van der Waals surface area contributed by atoms with Gasteiger partial charge in [0, 0.05) is 16.5 Å². The number of carbonyl (C=O) groups is 4. The molecule has 6 unspecified atom stereocenters. The molecule has 0 radical (unpaired) electrons. The fourth-order valence-electron chi connectivity index (χ4n) is 9.95. The van der Waals surface area contributed by atoms with Crippen LogP contribution >= 0.6 is 27.5 Å². The van der Waals surface area contributed by atoms with Crippen molar-refractivity contribution < 1.29 is 37.8 Å². The second kappa shape index (κ2) is 14.2. The molecule has 10 rings (SSSR count). The number of oxazole rings is 1. The number of carbonyl (C=O) groups excluding carboxylic acids is 4. The van der Waals surface area contributed by atoms with Gasteiger partial charge < -0.3 is 14.3 Å². The number of phenolic OH excluding ortho intramolecular Hbond substituents is 1. The number of hydrazine groups is 1. The number of nitrogens with zero attached hydrogens (tertiary/aromatic N) is 3. The van der Waals surface area contributed by atoms with Crippen molar-refractivity contribution in [3.05, 3.63) is 147 Å². The van der Waals surface area contributed by atoms with Gasteiger partial charge in [-0.1, -0.05) is 47.5 Å². The average Bonchev–Trinajstić information content (AvgIpc) is 3.87. The summed E-state index contributed by atoms with van der Waals surface area (Å²) in [6, 6.07) is 29.7. The molecule has 11 nitrogen and oxygen atoms in total. The molecule has 14 heteroatoms. The maximum Gasteiger partial charge on any atom is 0.260 e. The number of methoxy groups -OCH3 is 1. The lowest BCUT2D eigenvalue weighted by molar-refractivity contribution is -0.138. The Morgan fingerprint density at radius 1 is 0.917 bits per heavy atom. The molecule has 1 aromatic heterocycles. The first-order valence-electron chi connectivity index (χ1n) is 19.3. The Morgan fingerprint density at radius 2 is 1.65 bits per heavy atom. The molecule has 2 aliphatic carbocycles. The van der Waals surface area contributed by atoms with Gasteiger partial charge in [-0.25, -0.2) is 9.37 Å². The molecule has 300 valence electrons. The molecule has 0 spiro atoms. The second-order valence-electron chi connectivity index (χ2n) is 15.5. The summed E-state index contributed by atoms with van der Waals surface area (Å²) in [5.41, 5.74) is 5.77. The summed E-state index contributed by atoms with van der Waals surface area (Å²) in [5.74, 6) is -6.23. The maximum absolute atomic E-state index is 15.4. The van der Waals surface area contributed by atoms with Crippen LogP contribution in [0.3, 0.4) is 0 Å². The Bertz CT molecular complexity index is 2780. The van der Waals surface area contributed by atoms with Crippen LogP contribution in [0.5, 0.6) is 11.5 Å². The van der Waals surface area contributed by atoms with E-state index in [0.29, 0.717) is 55.7 Å². The van der Waals surface area contributed by atoms with E-state index >= 15 is 4.79 Å². The number of aromatic hydroxyl groups is 1. The minimum Gasteiger partial charge on any atom is -0.503 e. The largest absolute Gasteiger partial charge is 0.503 e. The molecule has 2 aliphatic heterocycles. The Hall–Kier alpha value is -6.31. The quantitative estimate of drug-likeness (QED) is 0.119. The van der Waals surface area contributed by atoms with Crippen molar-refractivity contribution >= 4 is 73.6 Å². The fourth-order valence-corrected chi connectivity index (χ4v) is 10.5. The standard InChI is InChI=1S/C46H33BrClFN4O7/c1-59-37-21-24(20-34(47)40(37)54)39-30-18-19-31-38(44(57)52(42(31)55)29-16-6-23(7-17-29)41-50-35-4-2-3-5-36(35)60-41)32(30)22-33-43(56)53(51-28-14-12-27(49)13-15-28)45(58)46(33,39)25-8-10-26(48)11-9-25/h2-18,20-21,31-33,38-39,51,54H,19,22H2,1H3. The number of amides is 4. The van der Waals surface area contributed by atoms with Gasteiger partial charge in [0.05, 0.1) is 46.1 Å². The number of fused-ring (bicyclic) bond motifs is 5. The van der Waals surface area contributed by atoms with Gasteiger partial charge in [-0.2, -0.15) is 5.01 Å². The number of rotatable bonds is 7. The molecule has 3 fully saturated rings. The highest BCUT2D eigenvalue weighted by atomic mass is 79.9. The average molecular weight is 888 g/mol. The lowest BCUT2D eigenvalue weighted by Gasteiger charge is -2.50. The van der Waals surface area contributed by atoms with E-state index in [-0.39, 0.29) is 34.7 Å². The first-order chi connectivity index (χ1) is 29.0. The summed E-state index contributed by atoms with van der Waals surface area (Å²) in [7, 11) is 1.41. The highest BCUT2D eigenvalue weighted by Gasteiger charge is 2.70. The van der Waals surface area contributed by atoms with Gasteiger partial charge in [0.1, 0.15) is 11.3 Å². The number of para-hydroxylation sites is 2. The molecule has 2 N–H and O–H groups in total. The summed E-state index contributed by atoms with van der Waals surface area (Å²) in [6.45, 7) is 0. The lowest BCUT2D eigenvalue weighted by atomic mass is 9.49. The normalized spacial score (nSPS) is 24.7. The van der Waals surface area contributed by atoms with E-state index in [1.54, 1.807) is 60.7 Å². The number of ether oxygens (including phenoxy) is 1. The highest BCUT2D eigenvalue weighted by molar-refractivity contribution is 9.10. The molecule has 60 heavy (non-hydrogen) atoms. The third kappa shape index (κ3) is 5.62. The molecule has 0 bridgehead atoms. The van der Waals surface area contributed by atoms with Crippen molar-refractivity contribution in [2.24, 2.45) is 23.7 Å². The number of nitrogens with one attached hydrogen (secondary N) is 1. The number of halogens is 3. The topological polar surface area (TPSA) is 142 Å². The van der Waals surface area contributed by atoms with Gasteiger partial charge in [0.25, 0.3) is 11.8 Å². The third-order valence-electron chi connectivity index (χ3n) is 12.5. The van der Waals surface area contributed by atoms with Gasteiger partial charge in [0.2, 0.25) is 17.7 Å². The number of hydrogen-bond donors (Lipinski definition) is 2. The van der Waals surface area contributed by atoms with Crippen LogP contribution in [0.4, 0.5) is 15.8 Å². The predicted octanol–water partition coefficient (Wildman–Crippen LogP) is 8.95. The first kappa shape index (κ1) is 37.9. The van der Waals surface area contributed by atoms with Gasteiger partial charge in [-0.15, -0.1) is 0 Å². The van der Waals surface area contributed by atoms with E-state index in [0.717, 1.165) is 5.01 Å². The Labute approximate surface area is 355 Å². The number of phenols is 1. The van der Waals surface area contributed by atoms with Crippen molar-refractivity contribution in [1.82, 2.24) is 9.99 Å². The van der Waals surface area contributed by atoms with Crippen LogP contribution in [-0.2, 0) is 24.6 Å². The number of benzene rings is 5. The molecule has 5 aromatic carbocycles. The van der Waals surface area contributed by atoms with Crippen LogP contribution < -0.4 is 15.1 Å². The monoisotopic (exact) mass is 886 g/mol. The zero-order valence-electron chi connectivity index (χ0n) is 31.6. The number of anilines is 2. The molecule has 6 atom stereocenters. The fraction of sp³-hybridized carbons (Fsp3) is 0.196. The second-order valence-corrected chi connectivity index (χ2v) is 16.8. The van der Waals surface area contributed by atoms with Crippen molar-refractivity contribution in [1.29, 1.82) is 0 Å². The van der Waals surface area contributed by atoms with Crippen LogP contribution in [0.2, 0.25) is 5.02 Å². The van der Waals surface area contributed by atoms with Gasteiger partial charge >= 0.3 is 0 Å². The SMILES string of the molecule is COc1cc(C2C3=CCC4C(=O)N(c5ccc(-c6nc7ccccc7o6)cc5)C(=O)C4C3CC3C(=O)N(Nc4ccc(F)cc4)C(=O)C32c2ccc(Cl)cc2)cc(Br)c1O. The van der Waals surface area contributed by atoms with Crippen LogP contribution in [0.25, 0.3) is 22.6 Å². The Morgan fingerprint density at radius 3 is 2.37 bits per heavy atom. The zero-order chi connectivity index (χ0) is 41.6. The molecular weight excluding hydrogens is 855 g/mol. The van der Waals surface area contributed by atoms with E-state index in [1.807, 2.05) is 30.3 Å². The lowest BCUT2D eigenvalue weighted by Crippen LogP contribution is -2.53. The predicted molar refractivity (Wildman–Crippen MR) is 223 cm³/mol. The minimum atomic E-state index is -1.61. The summed E-state index contributed by atoms with van der Waals surface area (Å²) >= 11 is 9.88. The third-order valence-corrected chi connectivity index (χ3v) is 13.4. The van der Waals surface area contributed by atoms with Crippen molar-refractivity contribution in [2.45, 2.75) is 24.2 Å². The van der Waals surface area contributed by atoms with Crippen LogP contribution in [-0.4, -0.2) is 45.8 Å². The van der Waals surface area contributed by atoms with E-state index in [1.165, 1.54) is 36.3 Å². The van der Waals surface area contributed by atoms with E-state index in [4.69, 9.17) is 20.8 Å². The summed E-state index contributed by atoms with van der Waals surface area (Å²) in [6.07, 6.45) is 2.20. The smallest absolute Gasteiger partial charge is 0.260 e. The van der Waals surface area contributed by atoms with E-state index in [2.05, 4.69) is 26.3 Å². The van der Waals surface area contributed by atoms with Gasteiger partial charge in [0.15, 0.2) is 17.1 Å². The molecule has 4 aliphatic rings. The summed E-state index contributed by atoms with van der Waals surface area (Å²) in [4.78, 5) is 65.4. The van der Waals surface area contributed by atoms with Crippen molar-refractivity contribution in [3.8, 4) is 23.0 Å².